The molecule has 3 aromatic heterocycles. The average Bonchev–Trinajstić information content (AvgIpc) is 3.19. The van der Waals surface area contributed by atoms with Crippen LogP contribution in [-0.4, -0.2) is 45.7 Å². The normalized spacial score (nSPS) is 17.0. The van der Waals surface area contributed by atoms with Crippen molar-refractivity contribution in [2.45, 2.75) is 31.9 Å². The van der Waals surface area contributed by atoms with E-state index in [0.29, 0.717) is 24.0 Å². The molecule has 4 rings (SSSR count). The van der Waals surface area contributed by atoms with Crippen molar-refractivity contribution in [3.05, 3.63) is 47.9 Å². The van der Waals surface area contributed by atoms with Crippen molar-refractivity contribution in [1.29, 1.82) is 0 Å². The van der Waals surface area contributed by atoms with Crippen LogP contribution in [-0.2, 0) is 17.5 Å². The molecule has 1 atom stereocenters. The van der Waals surface area contributed by atoms with E-state index in [1.165, 1.54) is 18.3 Å². The third-order valence-corrected chi connectivity index (χ3v) is 4.79. The van der Waals surface area contributed by atoms with Crippen molar-refractivity contribution in [3.63, 3.8) is 0 Å². The van der Waals surface area contributed by atoms with Crippen molar-refractivity contribution in [2.75, 3.05) is 23.3 Å². The lowest BCUT2D eigenvalue weighted by Crippen LogP contribution is -2.26. The molecule has 1 aliphatic heterocycles. The smallest absolute Gasteiger partial charge is 0.365 e. The molecule has 4 heterocycles. The molecule has 164 valence electrons. The molecule has 3 aromatic rings. The second-order valence-electron chi connectivity index (χ2n) is 6.86. The van der Waals surface area contributed by atoms with Crippen LogP contribution in [0.15, 0.2) is 36.7 Å². The van der Waals surface area contributed by atoms with E-state index in [0.717, 1.165) is 6.20 Å². The van der Waals surface area contributed by atoms with Gasteiger partial charge in [-0.25, -0.2) is 4.98 Å². The van der Waals surface area contributed by atoms with Crippen LogP contribution < -0.4 is 10.2 Å². The van der Waals surface area contributed by atoms with Gasteiger partial charge in [-0.2, -0.15) is 31.9 Å². The van der Waals surface area contributed by atoms with Crippen molar-refractivity contribution >= 4 is 22.8 Å². The number of rotatable bonds is 6. The van der Waals surface area contributed by atoms with E-state index in [-0.39, 0.29) is 30.4 Å². The first-order chi connectivity index (χ1) is 14.8. The third kappa shape index (κ3) is 4.79. The van der Waals surface area contributed by atoms with Gasteiger partial charge < -0.3 is 15.0 Å². The minimum absolute atomic E-state index is 0.0428. The van der Waals surface area contributed by atoms with Crippen LogP contribution in [0.1, 0.15) is 17.7 Å². The first kappa shape index (κ1) is 21.1. The molecular formula is C19H17F5N6O. The standard InChI is InChI=1S/C19H17F5N6O/c20-17(21)31-12-5-8-30(10-12)18-28-15-13(4-2-7-26-15)16(29-18)27-9-11-3-1-6-25-14(11)19(22,23)24/h1-4,6-7,12,17H,5,8-10H2,(H,26,27,28,29). The Labute approximate surface area is 173 Å². The number of ether oxygens (including phenoxy) is 1. The van der Waals surface area contributed by atoms with Crippen molar-refractivity contribution in [3.8, 4) is 0 Å². The van der Waals surface area contributed by atoms with Gasteiger partial charge in [0, 0.05) is 37.6 Å². The van der Waals surface area contributed by atoms with Crippen molar-refractivity contribution < 1.29 is 26.7 Å². The monoisotopic (exact) mass is 440 g/mol. The minimum Gasteiger partial charge on any atom is -0.365 e. The fraction of sp³-hybridized carbons (Fsp3) is 0.368. The molecule has 0 spiro atoms. The third-order valence-electron chi connectivity index (χ3n) is 4.79. The zero-order valence-electron chi connectivity index (χ0n) is 16.0. The van der Waals surface area contributed by atoms with Crippen LogP contribution in [0.3, 0.4) is 0 Å². The second kappa shape index (κ2) is 8.53. The number of alkyl halides is 5. The van der Waals surface area contributed by atoms with Crippen molar-refractivity contribution in [1.82, 2.24) is 19.9 Å². The van der Waals surface area contributed by atoms with Gasteiger partial charge in [0.05, 0.1) is 11.5 Å². The lowest BCUT2D eigenvalue weighted by Gasteiger charge is -2.19. The number of halogens is 5. The number of nitrogens with zero attached hydrogens (tertiary/aromatic N) is 5. The van der Waals surface area contributed by atoms with Gasteiger partial charge >= 0.3 is 12.8 Å². The van der Waals surface area contributed by atoms with Crippen LogP contribution in [0.4, 0.5) is 33.7 Å². The van der Waals surface area contributed by atoms with Gasteiger partial charge in [-0.15, -0.1) is 0 Å². The van der Waals surface area contributed by atoms with Crippen LogP contribution >= 0.6 is 0 Å². The fourth-order valence-corrected chi connectivity index (χ4v) is 3.41. The van der Waals surface area contributed by atoms with E-state index < -0.39 is 24.6 Å². The Morgan fingerprint density at radius 1 is 1.13 bits per heavy atom. The van der Waals surface area contributed by atoms with E-state index >= 15 is 0 Å². The highest BCUT2D eigenvalue weighted by Gasteiger charge is 2.35. The summed E-state index contributed by atoms with van der Waals surface area (Å²) in [7, 11) is 0. The van der Waals surface area contributed by atoms with E-state index in [2.05, 4.69) is 30.0 Å². The Kier molecular flexibility index (Phi) is 5.81. The molecule has 1 saturated heterocycles. The minimum atomic E-state index is -4.59. The molecule has 1 N–H and O–H groups in total. The van der Waals surface area contributed by atoms with E-state index in [1.807, 2.05) is 0 Å². The lowest BCUT2D eigenvalue weighted by atomic mass is 10.2. The molecule has 0 radical (unpaired) electrons. The zero-order valence-corrected chi connectivity index (χ0v) is 16.0. The summed E-state index contributed by atoms with van der Waals surface area (Å²) in [5, 5.41) is 3.43. The van der Waals surface area contributed by atoms with Crippen molar-refractivity contribution in [2.24, 2.45) is 0 Å². The molecule has 1 aliphatic rings. The SMILES string of the molecule is FC(F)OC1CCN(c2nc(NCc3cccnc3C(F)(F)F)c3cccnc3n2)C1. The highest BCUT2D eigenvalue weighted by atomic mass is 19.4. The number of aromatic nitrogens is 4. The topological polar surface area (TPSA) is 76.1 Å². The highest BCUT2D eigenvalue weighted by molar-refractivity contribution is 5.87. The molecule has 31 heavy (non-hydrogen) atoms. The molecule has 0 saturated carbocycles. The molecular weight excluding hydrogens is 423 g/mol. The summed E-state index contributed by atoms with van der Waals surface area (Å²) in [4.78, 5) is 18.1. The average molecular weight is 440 g/mol. The maximum Gasteiger partial charge on any atom is 0.433 e. The van der Waals surface area contributed by atoms with Crippen LogP contribution in [0.5, 0.6) is 0 Å². The molecule has 1 unspecified atom stereocenters. The summed E-state index contributed by atoms with van der Waals surface area (Å²) >= 11 is 0. The van der Waals surface area contributed by atoms with Crippen LogP contribution in [0.25, 0.3) is 11.0 Å². The van der Waals surface area contributed by atoms with E-state index in [4.69, 9.17) is 0 Å². The molecule has 7 nitrogen and oxygen atoms in total. The maximum absolute atomic E-state index is 13.2. The Balaban J connectivity index is 1.61. The quantitative estimate of drug-likeness (QED) is 0.584. The van der Waals surface area contributed by atoms with Gasteiger partial charge in [0.15, 0.2) is 5.65 Å². The number of pyridine rings is 2. The molecule has 1 fully saturated rings. The molecule has 0 aliphatic carbocycles. The van der Waals surface area contributed by atoms with Gasteiger partial charge in [-0.1, -0.05) is 6.07 Å². The Hall–Kier alpha value is -3.15. The van der Waals surface area contributed by atoms with Gasteiger partial charge in [-0.3, -0.25) is 4.98 Å². The Morgan fingerprint density at radius 2 is 1.90 bits per heavy atom. The number of fused-ring (bicyclic) bond motifs is 1. The van der Waals surface area contributed by atoms with Gasteiger partial charge in [-0.05, 0) is 24.6 Å². The number of hydrogen-bond acceptors (Lipinski definition) is 7. The summed E-state index contributed by atoms with van der Waals surface area (Å²) in [5.74, 6) is 0.514. The molecule has 0 bridgehead atoms. The molecule has 0 amide bonds. The number of hydrogen-bond donors (Lipinski definition) is 1. The Bertz CT molecular complexity index is 1060. The summed E-state index contributed by atoms with van der Waals surface area (Å²) < 4.78 is 69.2. The first-order valence-electron chi connectivity index (χ1n) is 9.37. The predicted molar refractivity (Wildman–Crippen MR) is 102 cm³/mol. The van der Waals surface area contributed by atoms with Gasteiger partial charge in [0.2, 0.25) is 5.95 Å². The van der Waals surface area contributed by atoms with Crippen LogP contribution in [0, 0.1) is 0 Å². The lowest BCUT2D eigenvalue weighted by molar-refractivity contribution is -0.156. The maximum atomic E-state index is 13.2. The molecule has 12 heteroatoms. The fourth-order valence-electron chi connectivity index (χ4n) is 3.41. The summed E-state index contributed by atoms with van der Waals surface area (Å²) in [6, 6.07) is 6.10. The van der Waals surface area contributed by atoms with E-state index in [1.54, 1.807) is 17.0 Å². The first-order valence-corrected chi connectivity index (χ1v) is 9.37. The number of anilines is 2. The highest BCUT2D eigenvalue weighted by Crippen LogP contribution is 2.31. The summed E-state index contributed by atoms with van der Waals surface area (Å²) in [6.45, 7) is -2.48. The number of nitrogens with one attached hydrogen (secondary N) is 1. The molecule has 0 aromatic carbocycles. The van der Waals surface area contributed by atoms with Gasteiger partial charge in [0.1, 0.15) is 11.5 Å². The van der Waals surface area contributed by atoms with E-state index in [9.17, 15) is 22.0 Å². The predicted octanol–water partition coefficient (Wildman–Crippen LogP) is 3.87. The van der Waals surface area contributed by atoms with Crippen LogP contribution in [0.2, 0.25) is 0 Å². The second-order valence-corrected chi connectivity index (χ2v) is 6.86. The van der Waals surface area contributed by atoms with Gasteiger partial charge in [0.25, 0.3) is 0 Å². The zero-order chi connectivity index (χ0) is 22.0. The summed E-state index contributed by atoms with van der Waals surface area (Å²) in [5.41, 5.74) is -0.694. The summed E-state index contributed by atoms with van der Waals surface area (Å²) in [6.07, 6.45) is -2.27. The largest absolute Gasteiger partial charge is 0.433 e. The Morgan fingerprint density at radius 3 is 2.68 bits per heavy atom.